The van der Waals surface area contributed by atoms with Gasteiger partial charge in [0, 0.05) is 36.9 Å². The number of nitrogens with zero attached hydrogens (tertiary/aromatic N) is 4. The maximum absolute atomic E-state index is 12.4. The van der Waals surface area contributed by atoms with Crippen molar-refractivity contribution in [3.8, 4) is 0 Å². The summed E-state index contributed by atoms with van der Waals surface area (Å²) < 4.78 is 14.4. The van der Waals surface area contributed by atoms with Gasteiger partial charge < -0.3 is 19.9 Å². The molecule has 1 fully saturated rings. The quantitative estimate of drug-likeness (QED) is 0.312. The number of aliphatic hydroxyl groups is 1. The average molecular weight is 532 g/mol. The molecule has 3 aromatic carbocycles. The second-order valence-electron chi connectivity index (χ2n) is 9.04. The van der Waals surface area contributed by atoms with Crippen molar-refractivity contribution in [3.05, 3.63) is 107 Å². The maximum atomic E-state index is 12.4. The van der Waals surface area contributed by atoms with Crippen LogP contribution in [0.3, 0.4) is 0 Å². The Kier molecular flexibility index (Phi) is 8.44. The predicted molar refractivity (Wildman–Crippen MR) is 142 cm³/mol. The number of hydrogen-bond donors (Lipinski definition) is 2. The lowest BCUT2D eigenvalue weighted by molar-refractivity contribution is -0.245. The second kappa shape index (κ2) is 12.3. The largest absolute Gasteiger partial charge is 0.392 e. The fourth-order valence-electron chi connectivity index (χ4n) is 4.20. The maximum Gasteiger partial charge on any atom is 0.251 e. The van der Waals surface area contributed by atoms with Crippen molar-refractivity contribution in [1.29, 1.82) is 0 Å². The fourth-order valence-corrected chi connectivity index (χ4v) is 5.07. The van der Waals surface area contributed by atoms with Crippen LogP contribution >= 0.6 is 11.8 Å². The molecule has 4 aromatic rings. The molecule has 1 aliphatic rings. The number of thioether (sulfide) groups is 1. The summed E-state index contributed by atoms with van der Waals surface area (Å²) in [4.78, 5) is 12.4. The van der Waals surface area contributed by atoms with Crippen LogP contribution in [0.15, 0.2) is 84.0 Å². The van der Waals surface area contributed by atoms with Crippen molar-refractivity contribution in [2.24, 2.45) is 7.05 Å². The fraction of sp³-hybridized carbons (Fsp3) is 0.286. The Morgan fingerprint density at radius 3 is 2.39 bits per heavy atom. The van der Waals surface area contributed by atoms with Gasteiger partial charge in [0.05, 0.1) is 18.8 Å². The first-order valence-electron chi connectivity index (χ1n) is 12.4. The van der Waals surface area contributed by atoms with Crippen LogP contribution in [0.25, 0.3) is 0 Å². The summed E-state index contributed by atoms with van der Waals surface area (Å²) in [6.45, 7) is 0.423. The number of rotatable bonds is 9. The number of aryl methyl sites for hydroxylation is 1. The third-order valence-corrected chi connectivity index (χ3v) is 7.48. The molecule has 38 heavy (non-hydrogen) atoms. The summed E-state index contributed by atoms with van der Waals surface area (Å²) in [7, 11) is 1.81. The van der Waals surface area contributed by atoms with Crippen molar-refractivity contribution >= 4 is 17.7 Å². The number of ether oxygens (including phenoxy) is 2. The van der Waals surface area contributed by atoms with E-state index < -0.39 is 6.29 Å². The summed E-state index contributed by atoms with van der Waals surface area (Å²) in [5, 5.41) is 24.7. The van der Waals surface area contributed by atoms with Gasteiger partial charge >= 0.3 is 0 Å². The summed E-state index contributed by atoms with van der Waals surface area (Å²) in [5.74, 6) is 0.560. The van der Waals surface area contributed by atoms with E-state index in [1.807, 2.05) is 73.8 Å². The zero-order valence-electron chi connectivity index (χ0n) is 20.9. The van der Waals surface area contributed by atoms with Crippen LogP contribution in [0.1, 0.15) is 51.4 Å². The minimum absolute atomic E-state index is 0.000687. The van der Waals surface area contributed by atoms with E-state index in [0.717, 1.165) is 27.4 Å². The molecule has 1 aromatic heterocycles. The molecular formula is C28H29N5O4S. The summed E-state index contributed by atoms with van der Waals surface area (Å²) >= 11 is 1.54. The molecule has 0 saturated carbocycles. The lowest BCUT2D eigenvalue weighted by Crippen LogP contribution is -2.31. The van der Waals surface area contributed by atoms with Crippen LogP contribution in [0.4, 0.5) is 0 Å². The molecule has 3 atom stereocenters. The highest BCUT2D eigenvalue weighted by atomic mass is 32.2. The number of amides is 1. The first kappa shape index (κ1) is 26.1. The Morgan fingerprint density at radius 2 is 1.71 bits per heavy atom. The Morgan fingerprint density at radius 1 is 1.00 bits per heavy atom. The number of tetrazole rings is 1. The molecule has 5 rings (SSSR count). The van der Waals surface area contributed by atoms with Gasteiger partial charge in [-0.3, -0.25) is 4.79 Å². The van der Waals surface area contributed by atoms with E-state index in [1.54, 1.807) is 28.6 Å². The lowest BCUT2D eigenvalue weighted by atomic mass is 10.0. The smallest absolute Gasteiger partial charge is 0.251 e. The van der Waals surface area contributed by atoms with Gasteiger partial charge in [-0.2, -0.15) is 0 Å². The highest BCUT2D eigenvalue weighted by Crippen LogP contribution is 2.39. The summed E-state index contributed by atoms with van der Waals surface area (Å²) in [6, 6.07) is 24.9. The van der Waals surface area contributed by atoms with Gasteiger partial charge in [-0.25, -0.2) is 4.68 Å². The van der Waals surface area contributed by atoms with Gasteiger partial charge in [-0.15, -0.1) is 5.10 Å². The highest BCUT2D eigenvalue weighted by Gasteiger charge is 2.32. The van der Waals surface area contributed by atoms with E-state index in [0.29, 0.717) is 24.3 Å². The van der Waals surface area contributed by atoms with Gasteiger partial charge in [-0.05, 0) is 39.2 Å². The van der Waals surface area contributed by atoms with Crippen LogP contribution in [0.5, 0.6) is 0 Å². The van der Waals surface area contributed by atoms with Crippen LogP contribution in [0.2, 0.25) is 0 Å². The lowest BCUT2D eigenvalue weighted by Gasteiger charge is -2.36. The van der Waals surface area contributed by atoms with Crippen molar-refractivity contribution < 1.29 is 19.4 Å². The molecule has 2 N–H and O–H groups in total. The average Bonchev–Trinajstić information content (AvgIpc) is 3.39. The molecule has 196 valence electrons. The van der Waals surface area contributed by atoms with Gasteiger partial charge in [0.2, 0.25) is 5.16 Å². The Labute approximate surface area is 225 Å². The summed E-state index contributed by atoms with van der Waals surface area (Å²) in [5.41, 5.74) is 4.40. The van der Waals surface area contributed by atoms with E-state index in [4.69, 9.17) is 9.47 Å². The molecule has 0 bridgehead atoms. The van der Waals surface area contributed by atoms with E-state index in [9.17, 15) is 9.90 Å². The van der Waals surface area contributed by atoms with E-state index in [-0.39, 0.29) is 24.7 Å². The first-order valence-corrected chi connectivity index (χ1v) is 13.4. The van der Waals surface area contributed by atoms with Crippen molar-refractivity contribution in [3.63, 3.8) is 0 Å². The van der Waals surface area contributed by atoms with E-state index >= 15 is 0 Å². The van der Waals surface area contributed by atoms with Crippen LogP contribution in [-0.4, -0.2) is 43.1 Å². The zero-order valence-corrected chi connectivity index (χ0v) is 21.8. The number of aromatic nitrogens is 4. The number of carbonyl (C=O) groups is 1. The Balaban J connectivity index is 1.27. The molecule has 1 aliphatic heterocycles. The minimum Gasteiger partial charge on any atom is -0.392 e. The standard InChI is InChI=1S/C28H29N5O4S/c1-33-28(30-31-32-33)38-18-24-15-25(21-11-9-20(17-34)10-12-21)37-27(36-24)23-13-7-19(8-14-23)16-29-26(35)22-5-3-2-4-6-22/h2-14,24-25,27,34H,15-18H2,1H3,(H,29,35)/t24-,25+,27+/m0/s1. The van der Waals surface area contributed by atoms with Gasteiger partial charge in [0.25, 0.3) is 5.91 Å². The molecule has 0 spiro atoms. The molecular weight excluding hydrogens is 502 g/mol. The molecule has 1 amide bonds. The Hall–Kier alpha value is -3.57. The van der Waals surface area contributed by atoms with Crippen LogP contribution in [0, 0.1) is 0 Å². The van der Waals surface area contributed by atoms with E-state index in [2.05, 4.69) is 20.8 Å². The van der Waals surface area contributed by atoms with Crippen molar-refractivity contribution in [2.75, 3.05) is 5.75 Å². The number of carbonyl (C=O) groups excluding carboxylic acids is 1. The number of benzene rings is 3. The summed E-state index contributed by atoms with van der Waals surface area (Å²) in [6.07, 6.45) is -0.142. The second-order valence-corrected chi connectivity index (χ2v) is 10.0. The zero-order chi connectivity index (χ0) is 26.3. The number of hydrogen-bond acceptors (Lipinski definition) is 8. The predicted octanol–water partition coefficient (Wildman–Crippen LogP) is 3.97. The SMILES string of the molecule is Cn1nnnc1SC[C@@H]1C[C@H](c2ccc(CO)cc2)O[C@H](c2ccc(CNC(=O)c3ccccc3)cc2)O1. The van der Waals surface area contributed by atoms with Gasteiger partial charge in [0.1, 0.15) is 0 Å². The highest BCUT2D eigenvalue weighted by molar-refractivity contribution is 7.99. The minimum atomic E-state index is -0.553. The third kappa shape index (κ3) is 6.46. The molecule has 0 aliphatic carbocycles. The number of aliphatic hydroxyl groups excluding tert-OH is 1. The number of nitrogens with one attached hydrogen (secondary N) is 1. The van der Waals surface area contributed by atoms with Crippen LogP contribution < -0.4 is 5.32 Å². The monoisotopic (exact) mass is 531 g/mol. The molecule has 0 radical (unpaired) electrons. The molecule has 9 nitrogen and oxygen atoms in total. The molecule has 2 heterocycles. The van der Waals surface area contributed by atoms with Gasteiger partial charge in [0.15, 0.2) is 6.29 Å². The molecule has 1 saturated heterocycles. The molecule has 0 unspecified atom stereocenters. The van der Waals surface area contributed by atoms with Crippen LogP contribution in [-0.2, 0) is 29.7 Å². The topological polar surface area (TPSA) is 111 Å². The first-order chi connectivity index (χ1) is 18.6. The normalized spacial score (nSPS) is 19.3. The van der Waals surface area contributed by atoms with Crippen molar-refractivity contribution in [2.45, 2.75) is 43.2 Å². The Bertz CT molecular complexity index is 1330. The van der Waals surface area contributed by atoms with Gasteiger partial charge in [-0.1, -0.05) is 78.5 Å². The third-order valence-electron chi connectivity index (χ3n) is 6.34. The molecule has 10 heteroatoms. The van der Waals surface area contributed by atoms with E-state index in [1.165, 1.54) is 0 Å². The van der Waals surface area contributed by atoms with Crippen molar-refractivity contribution in [1.82, 2.24) is 25.5 Å².